The second-order valence-corrected chi connectivity index (χ2v) is 8.69. The minimum Gasteiger partial charge on any atom is -0.274 e. The molecule has 0 spiro atoms. The summed E-state index contributed by atoms with van der Waals surface area (Å²) < 4.78 is 0. The molecule has 2 amide bonds. The SMILES string of the molecule is CCC1(CC)C[C@@H]2C(=O)N(c3ccccc3C(C)(C)C)C(=O)[C@@]21C. The second-order valence-electron chi connectivity index (χ2n) is 8.69. The first-order chi connectivity index (χ1) is 11.1. The molecule has 130 valence electrons. The highest BCUT2D eigenvalue weighted by atomic mass is 16.2. The minimum absolute atomic E-state index is 0.00303. The number of benzene rings is 1. The summed E-state index contributed by atoms with van der Waals surface area (Å²) in [5, 5.41) is 0. The van der Waals surface area contributed by atoms with Gasteiger partial charge in [0.15, 0.2) is 0 Å². The van der Waals surface area contributed by atoms with Crippen LogP contribution in [0.25, 0.3) is 0 Å². The molecule has 2 atom stereocenters. The molecule has 1 aliphatic carbocycles. The Labute approximate surface area is 145 Å². The van der Waals surface area contributed by atoms with Gasteiger partial charge in [0.05, 0.1) is 17.0 Å². The van der Waals surface area contributed by atoms with Crippen LogP contribution in [0.2, 0.25) is 0 Å². The Balaban J connectivity index is 2.11. The van der Waals surface area contributed by atoms with E-state index in [-0.39, 0.29) is 28.6 Å². The highest BCUT2D eigenvalue weighted by Gasteiger charge is 2.73. The van der Waals surface area contributed by atoms with Crippen LogP contribution in [0, 0.1) is 16.7 Å². The zero-order valence-corrected chi connectivity index (χ0v) is 15.8. The highest BCUT2D eigenvalue weighted by molar-refractivity contribution is 6.25. The fourth-order valence-electron chi connectivity index (χ4n) is 5.05. The molecule has 2 fully saturated rings. The van der Waals surface area contributed by atoms with Gasteiger partial charge >= 0.3 is 0 Å². The molecule has 3 heteroatoms. The first kappa shape index (κ1) is 17.2. The van der Waals surface area contributed by atoms with Crippen molar-refractivity contribution in [3.8, 4) is 0 Å². The van der Waals surface area contributed by atoms with E-state index in [1.807, 2.05) is 31.2 Å². The molecular formula is C21H29NO2. The summed E-state index contributed by atoms with van der Waals surface area (Å²) >= 11 is 0. The molecule has 1 saturated carbocycles. The van der Waals surface area contributed by atoms with E-state index in [4.69, 9.17) is 0 Å². The number of para-hydroxylation sites is 1. The van der Waals surface area contributed by atoms with Crippen molar-refractivity contribution >= 4 is 17.5 Å². The lowest BCUT2D eigenvalue weighted by Gasteiger charge is -2.57. The molecule has 3 nitrogen and oxygen atoms in total. The summed E-state index contributed by atoms with van der Waals surface area (Å²) in [6.07, 6.45) is 2.74. The fraction of sp³-hybridized carbons (Fsp3) is 0.619. The van der Waals surface area contributed by atoms with Crippen molar-refractivity contribution in [2.24, 2.45) is 16.7 Å². The third-order valence-corrected chi connectivity index (χ3v) is 6.87. The van der Waals surface area contributed by atoms with Gasteiger partial charge in [-0.25, -0.2) is 4.90 Å². The Kier molecular flexibility index (Phi) is 3.71. The van der Waals surface area contributed by atoms with Gasteiger partial charge in [-0.2, -0.15) is 0 Å². The maximum Gasteiger partial charge on any atom is 0.241 e. The summed E-state index contributed by atoms with van der Waals surface area (Å²) in [5.41, 5.74) is 1.13. The summed E-state index contributed by atoms with van der Waals surface area (Å²) in [5.74, 6) is -0.154. The number of hydrogen-bond donors (Lipinski definition) is 0. The number of imide groups is 1. The van der Waals surface area contributed by atoms with E-state index in [2.05, 4.69) is 34.6 Å². The van der Waals surface area contributed by atoms with Crippen LogP contribution >= 0.6 is 0 Å². The van der Waals surface area contributed by atoms with E-state index in [0.29, 0.717) is 0 Å². The third kappa shape index (κ3) is 1.90. The Hall–Kier alpha value is -1.64. The molecule has 0 bridgehead atoms. The first-order valence-corrected chi connectivity index (χ1v) is 9.12. The van der Waals surface area contributed by atoms with Crippen molar-refractivity contribution in [3.63, 3.8) is 0 Å². The Morgan fingerprint density at radius 1 is 1.12 bits per heavy atom. The number of amides is 2. The average Bonchev–Trinajstić information content (AvgIpc) is 2.67. The van der Waals surface area contributed by atoms with Crippen LogP contribution in [0.1, 0.15) is 66.4 Å². The normalized spacial score (nSPS) is 28.8. The molecule has 1 heterocycles. The number of anilines is 1. The fourth-order valence-corrected chi connectivity index (χ4v) is 5.05. The van der Waals surface area contributed by atoms with E-state index >= 15 is 0 Å². The quantitative estimate of drug-likeness (QED) is 0.755. The van der Waals surface area contributed by atoms with E-state index in [1.165, 1.54) is 4.90 Å². The van der Waals surface area contributed by atoms with Crippen LogP contribution < -0.4 is 4.90 Å². The standard InChI is InChI=1S/C21H29NO2/c1-7-21(8-2)13-15-17(23)22(18(24)20(15,21)6)16-12-10-9-11-14(16)19(3,4)5/h9-12,15H,7-8,13H2,1-6H3/t15-,20-/m1/s1. The molecule has 1 saturated heterocycles. The molecule has 0 N–H and O–H groups in total. The van der Waals surface area contributed by atoms with E-state index in [0.717, 1.165) is 30.5 Å². The number of rotatable bonds is 3. The zero-order chi connectivity index (χ0) is 17.9. The van der Waals surface area contributed by atoms with Crippen LogP contribution in [0.4, 0.5) is 5.69 Å². The lowest BCUT2D eigenvalue weighted by molar-refractivity contribution is -0.163. The molecule has 1 aromatic rings. The van der Waals surface area contributed by atoms with Crippen molar-refractivity contribution < 1.29 is 9.59 Å². The van der Waals surface area contributed by atoms with Gasteiger partial charge in [-0.3, -0.25) is 9.59 Å². The molecule has 0 unspecified atom stereocenters. The molecule has 0 radical (unpaired) electrons. The van der Waals surface area contributed by atoms with Crippen LogP contribution in [-0.4, -0.2) is 11.8 Å². The number of carbonyl (C=O) groups is 2. The largest absolute Gasteiger partial charge is 0.274 e. The number of carbonyl (C=O) groups excluding carboxylic acids is 2. The molecular weight excluding hydrogens is 298 g/mol. The van der Waals surface area contributed by atoms with Crippen molar-refractivity contribution in [1.29, 1.82) is 0 Å². The molecule has 3 rings (SSSR count). The van der Waals surface area contributed by atoms with Gasteiger partial charge in [0, 0.05) is 0 Å². The van der Waals surface area contributed by atoms with Crippen molar-refractivity contribution in [1.82, 2.24) is 0 Å². The Bertz CT molecular complexity index is 696. The lowest BCUT2D eigenvalue weighted by Crippen LogP contribution is -2.58. The van der Waals surface area contributed by atoms with Crippen molar-refractivity contribution in [2.75, 3.05) is 4.90 Å². The van der Waals surface area contributed by atoms with Crippen LogP contribution in [0.15, 0.2) is 24.3 Å². The minimum atomic E-state index is -0.543. The van der Waals surface area contributed by atoms with Crippen molar-refractivity contribution in [3.05, 3.63) is 29.8 Å². The van der Waals surface area contributed by atoms with Gasteiger partial charge in [0.2, 0.25) is 11.8 Å². The smallest absolute Gasteiger partial charge is 0.241 e. The van der Waals surface area contributed by atoms with Gasteiger partial charge in [-0.1, -0.05) is 52.8 Å². The predicted octanol–water partition coefficient (Wildman–Crippen LogP) is 4.69. The summed E-state index contributed by atoms with van der Waals surface area (Å²) in [7, 11) is 0. The van der Waals surface area contributed by atoms with E-state index < -0.39 is 5.41 Å². The van der Waals surface area contributed by atoms with Crippen LogP contribution in [-0.2, 0) is 15.0 Å². The molecule has 0 aromatic heterocycles. The van der Waals surface area contributed by atoms with Crippen molar-refractivity contribution in [2.45, 2.75) is 66.2 Å². The third-order valence-electron chi connectivity index (χ3n) is 6.87. The van der Waals surface area contributed by atoms with Gasteiger partial charge < -0.3 is 0 Å². The Morgan fingerprint density at radius 3 is 2.25 bits per heavy atom. The van der Waals surface area contributed by atoms with E-state index in [1.54, 1.807) is 0 Å². The highest BCUT2D eigenvalue weighted by Crippen LogP contribution is 2.68. The van der Waals surface area contributed by atoms with Gasteiger partial charge in [-0.15, -0.1) is 0 Å². The lowest BCUT2D eigenvalue weighted by atomic mass is 9.43. The Morgan fingerprint density at radius 2 is 1.71 bits per heavy atom. The first-order valence-electron chi connectivity index (χ1n) is 9.12. The van der Waals surface area contributed by atoms with Crippen LogP contribution in [0.3, 0.4) is 0 Å². The van der Waals surface area contributed by atoms with Crippen LogP contribution in [0.5, 0.6) is 0 Å². The molecule has 1 aromatic carbocycles. The van der Waals surface area contributed by atoms with Gasteiger partial charge in [0.1, 0.15) is 0 Å². The maximum atomic E-state index is 13.4. The number of nitrogens with zero attached hydrogens (tertiary/aromatic N) is 1. The number of fused-ring (bicyclic) bond motifs is 1. The molecule has 2 aliphatic rings. The maximum absolute atomic E-state index is 13.4. The molecule has 1 aliphatic heterocycles. The molecule has 24 heavy (non-hydrogen) atoms. The summed E-state index contributed by atoms with van der Waals surface area (Å²) in [6.45, 7) is 12.7. The zero-order valence-electron chi connectivity index (χ0n) is 15.8. The second kappa shape index (κ2) is 5.18. The average molecular weight is 327 g/mol. The van der Waals surface area contributed by atoms with E-state index in [9.17, 15) is 9.59 Å². The summed E-state index contributed by atoms with van der Waals surface area (Å²) in [4.78, 5) is 28.0. The number of hydrogen-bond acceptors (Lipinski definition) is 2. The topological polar surface area (TPSA) is 37.4 Å². The van der Waals surface area contributed by atoms with Gasteiger partial charge in [0.25, 0.3) is 0 Å². The van der Waals surface area contributed by atoms with Gasteiger partial charge in [-0.05, 0) is 48.6 Å². The predicted molar refractivity (Wildman–Crippen MR) is 96.9 cm³/mol. The monoisotopic (exact) mass is 327 g/mol. The summed E-state index contributed by atoms with van der Waals surface area (Å²) in [6, 6.07) is 7.85.